The monoisotopic (exact) mass is 765 g/mol. The summed E-state index contributed by atoms with van der Waals surface area (Å²) < 4.78 is 2.31. The lowest BCUT2D eigenvalue weighted by molar-refractivity contribution is 0.769. The molecular formula is C55H35N5. The van der Waals surface area contributed by atoms with Crippen molar-refractivity contribution in [3.05, 3.63) is 235 Å². The van der Waals surface area contributed by atoms with Gasteiger partial charge >= 0.3 is 0 Å². The van der Waals surface area contributed by atoms with Crippen LogP contribution >= 0.6 is 0 Å². The zero-order valence-electron chi connectivity index (χ0n) is 32.4. The molecule has 1 aliphatic rings. The number of nitrogens with zero attached hydrogens (tertiary/aromatic N) is 5. The molecule has 0 unspecified atom stereocenters. The van der Waals surface area contributed by atoms with Crippen LogP contribution in [0, 0.1) is 0 Å². The molecule has 0 atom stereocenters. The van der Waals surface area contributed by atoms with E-state index in [2.05, 4.69) is 180 Å². The third kappa shape index (κ3) is 5.19. The summed E-state index contributed by atoms with van der Waals surface area (Å²) >= 11 is 0. The summed E-state index contributed by atoms with van der Waals surface area (Å²) in [6, 6.07) is 73.3. The van der Waals surface area contributed by atoms with Gasteiger partial charge in [0.15, 0.2) is 17.5 Å². The van der Waals surface area contributed by atoms with Crippen molar-refractivity contribution in [3.8, 4) is 51.1 Å². The van der Waals surface area contributed by atoms with Gasteiger partial charge in [-0.15, -0.1) is 0 Å². The molecule has 1 aliphatic carbocycles. The third-order valence-electron chi connectivity index (χ3n) is 12.2. The van der Waals surface area contributed by atoms with Crippen LogP contribution in [0.3, 0.4) is 0 Å². The molecule has 0 saturated carbocycles. The Labute approximate surface area is 347 Å². The predicted octanol–water partition coefficient (Wildman–Crippen LogP) is 12.9. The van der Waals surface area contributed by atoms with E-state index in [0.29, 0.717) is 17.5 Å². The zero-order valence-corrected chi connectivity index (χ0v) is 32.4. The Morgan fingerprint density at radius 1 is 0.367 bits per heavy atom. The minimum Gasteiger partial charge on any atom is -0.294 e. The van der Waals surface area contributed by atoms with Gasteiger partial charge in [-0.2, -0.15) is 0 Å². The fourth-order valence-corrected chi connectivity index (χ4v) is 9.48. The number of hydrogen-bond acceptors (Lipinski definition) is 4. The molecule has 0 amide bonds. The number of benzene rings is 8. The van der Waals surface area contributed by atoms with E-state index < -0.39 is 5.41 Å². The number of fused-ring (bicyclic) bond motifs is 7. The first kappa shape index (κ1) is 34.1. The zero-order chi connectivity index (χ0) is 39.6. The SMILES string of the molecule is c1ccc(-c2nc(-c3ccc(-n4c5ccccc5c5cc6c(cc54)C(c4ccccc4)(c4ccccc4)c4ccccc4-6)nc3)nc(-c3ccc4ccccc4c3)n2)cc1. The standard InChI is InChI=1S/C55H35N5/c1-4-17-37(18-5-1)52-57-53(39-29-28-36-16-10-11-19-38(36)32-39)59-54(58-52)40-30-31-51(56-35-40)60-49-27-15-13-25-44(49)46-33-45-43-24-12-14-26-47(43)55(48(45)34-50(46)60,41-20-6-2-7-21-41)42-22-8-3-9-23-42/h1-35H. The van der Waals surface area contributed by atoms with Crippen molar-refractivity contribution in [2.24, 2.45) is 0 Å². The summed E-state index contributed by atoms with van der Waals surface area (Å²) in [6.07, 6.45) is 1.89. The minimum atomic E-state index is -0.515. The van der Waals surface area contributed by atoms with Gasteiger partial charge in [0.25, 0.3) is 0 Å². The van der Waals surface area contributed by atoms with Crippen molar-refractivity contribution in [2.75, 3.05) is 0 Å². The maximum Gasteiger partial charge on any atom is 0.165 e. The summed E-state index contributed by atoms with van der Waals surface area (Å²) in [7, 11) is 0. The first-order valence-electron chi connectivity index (χ1n) is 20.3. The topological polar surface area (TPSA) is 56.5 Å². The smallest absolute Gasteiger partial charge is 0.165 e. The van der Waals surface area contributed by atoms with E-state index in [1.807, 2.05) is 36.5 Å². The molecule has 0 N–H and O–H groups in total. The number of rotatable bonds is 6. The van der Waals surface area contributed by atoms with Gasteiger partial charge in [-0.25, -0.2) is 19.9 Å². The highest BCUT2D eigenvalue weighted by atomic mass is 15.1. The minimum absolute atomic E-state index is 0.515. The number of aromatic nitrogens is 5. The van der Waals surface area contributed by atoms with Crippen molar-refractivity contribution >= 4 is 32.6 Å². The van der Waals surface area contributed by atoms with Crippen LogP contribution in [0.1, 0.15) is 22.3 Å². The molecule has 0 bridgehead atoms. The first-order chi connectivity index (χ1) is 29.7. The number of hydrogen-bond donors (Lipinski definition) is 0. The van der Waals surface area contributed by atoms with Crippen LogP contribution in [0.4, 0.5) is 0 Å². The molecule has 60 heavy (non-hydrogen) atoms. The molecule has 5 heteroatoms. The largest absolute Gasteiger partial charge is 0.294 e. The Morgan fingerprint density at radius 3 is 1.70 bits per heavy atom. The second kappa shape index (κ2) is 13.5. The van der Waals surface area contributed by atoms with E-state index in [0.717, 1.165) is 38.9 Å². The van der Waals surface area contributed by atoms with Gasteiger partial charge in [0.2, 0.25) is 0 Å². The van der Waals surface area contributed by atoms with Crippen molar-refractivity contribution in [1.82, 2.24) is 24.5 Å². The normalized spacial score (nSPS) is 12.8. The second-order valence-electron chi connectivity index (χ2n) is 15.4. The van der Waals surface area contributed by atoms with Crippen molar-refractivity contribution < 1.29 is 0 Å². The summed E-state index contributed by atoms with van der Waals surface area (Å²) in [4.78, 5) is 20.3. The van der Waals surface area contributed by atoms with Crippen LogP contribution in [-0.4, -0.2) is 24.5 Å². The molecule has 5 nitrogen and oxygen atoms in total. The maximum atomic E-state index is 5.19. The lowest BCUT2D eigenvalue weighted by Crippen LogP contribution is -2.28. The Morgan fingerprint density at radius 2 is 0.967 bits per heavy atom. The van der Waals surface area contributed by atoms with Crippen LogP contribution in [-0.2, 0) is 5.41 Å². The summed E-state index contributed by atoms with van der Waals surface area (Å²) in [6.45, 7) is 0. The molecule has 3 heterocycles. The molecule has 11 aromatic rings. The highest BCUT2D eigenvalue weighted by molar-refractivity contribution is 6.12. The Hall–Kier alpha value is -8.02. The molecule has 0 fully saturated rings. The Kier molecular flexibility index (Phi) is 7.69. The van der Waals surface area contributed by atoms with E-state index in [1.54, 1.807) is 0 Å². The van der Waals surface area contributed by atoms with Crippen molar-refractivity contribution in [2.45, 2.75) is 5.41 Å². The first-order valence-corrected chi connectivity index (χ1v) is 20.3. The van der Waals surface area contributed by atoms with Crippen molar-refractivity contribution in [3.63, 3.8) is 0 Å². The van der Waals surface area contributed by atoms with Gasteiger partial charge in [0, 0.05) is 33.7 Å². The third-order valence-corrected chi connectivity index (χ3v) is 12.2. The molecule has 0 aliphatic heterocycles. The quantitative estimate of drug-likeness (QED) is 0.169. The molecule has 12 rings (SSSR count). The lowest BCUT2D eigenvalue weighted by atomic mass is 9.67. The lowest BCUT2D eigenvalue weighted by Gasteiger charge is -2.34. The van der Waals surface area contributed by atoms with Gasteiger partial charge in [-0.1, -0.05) is 170 Å². The molecule has 0 radical (unpaired) electrons. The predicted molar refractivity (Wildman–Crippen MR) is 243 cm³/mol. The highest BCUT2D eigenvalue weighted by Gasteiger charge is 2.46. The molecular weight excluding hydrogens is 731 g/mol. The summed E-state index contributed by atoms with van der Waals surface area (Å²) in [5.41, 5.74) is 11.9. The van der Waals surface area contributed by atoms with Crippen LogP contribution < -0.4 is 0 Å². The Balaban J connectivity index is 1.05. The molecule has 3 aromatic heterocycles. The van der Waals surface area contributed by atoms with Crippen LogP contribution in [0.2, 0.25) is 0 Å². The Bertz CT molecular complexity index is 3370. The van der Waals surface area contributed by atoms with Gasteiger partial charge in [0.1, 0.15) is 5.82 Å². The van der Waals surface area contributed by atoms with Crippen molar-refractivity contribution in [1.29, 1.82) is 0 Å². The van der Waals surface area contributed by atoms with E-state index in [9.17, 15) is 0 Å². The van der Waals surface area contributed by atoms with Crippen LogP contribution in [0.15, 0.2) is 212 Å². The van der Waals surface area contributed by atoms with E-state index in [4.69, 9.17) is 19.9 Å². The van der Waals surface area contributed by atoms with Gasteiger partial charge in [0.05, 0.1) is 16.4 Å². The van der Waals surface area contributed by atoms with E-state index in [1.165, 1.54) is 49.5 Å². The fourth-order valence-electron chi connectivity index (χ4n) is 9.48. The molecule has 8 aromatic carbocycles. The average molecular weight is 766 g/mol. The molecule has 0 spiro atoms. The van der Waals surface area contributed by atoms with Gasteiger partial charge in [-0.3, -0.25) is 4.57 Å². The molecule has 280 valence electrons. The number of para-hydroxylation sites is 1. The highest BCUT2D eigenvalue weighted by Crippen LogP contribution is 2.57. The average Bonchev–Trinajstić information content (AvgIpc) is 3.81. The van der Waals surface area contributed by atoms with Gasteiger partial charge < -0.3 is 0 Å². The van der Waals surface area contributed by atoms with Gasteiger partial charge in [-0.05, 0) is 80.6 Å². The van der Waals surface area contributed by atoms with Crippen LogP contribution in [0.5, 0.6) is 0 Å². The van der Waals surface area contributed by atoms with Crippen LogP contribution in [0.25, 0.3) is 83.7 Å². The second-order valence-corrected chi connectivity index (χ2v) is 15.4. The van der Waals surface area contributed by atoms with E-state index in [-0.39, 0.29) is 0 Å². The molecule has 0 saturated heterocycles. The fraction of sp³-hybridized carbons (Fsp3) is 0.0182. The number of pyridine rings is 1. The summed E-state index contributed by atoms with van der Waals surface area (Å²) in [5.74, 6) is 2.62. The maximum absolute atomic E-state index is 5.19. The summed E-state index contributed by atoms with van der Waals surface area (Å²) in [5, 5.41) is 4.67. The van der Waals surface area contributed by atoms with E-state index >= 15 is 0 Å².